The molecule has 0 amide bonds. The first-order valence-electron chi connectivity index (χ1n) is 9.96. The van der Waals surface area contributed by atoms with E-state index in [9.17, 15) is 0 Å². The Hall–Kier alpha value is -2.74. The van der Waals surface area contributed by atoms with Gasteiger partial charge in [0.05, 0.1) is 17.1 Å². The number of hydrogen-bond acceptors (Lipinski definition) is 2. The van der Waals surface area contributed by atoms with Crippen LogP contribution in [0.4, 0.5) is 17.1 Å². The summed E-state index contributed by atoms with van der Waals surface area (Å²) in [5.74, 6) is 1.81. The number of hydrogen-bond donors (Lipinski definition) is 0. The van der Waals surface area contributed by atoms with Gasteiger partial charge in [0.25, 0.3) is 0 Å². The third-order valence-electron chi connectivity index (χ3n) is 5.51. The van der Waals surface area contributed by atoms with E-state index in [1.54, 1.807) is 0 Å². The molecule has 0 unspecified atom stereocenters. The van der Waals surface area contributed by atoms with E-state index >= 15 is 0 Å². The van der Waals surface area contributed by atoms with E-state index in [4.69, 9.17) is 4.74 Å². The molecule has 2 nitrogen and oxygen atoms in total. The molecular weight excluding hydrogens is 342 g/mol. The molecule has 1 aliphatic rings. The molecule has 4 rings (SSSR count). The van der Waals surface area contributed by atoms with Crippen LogP contribution in [-0.4, -0.2) is 0 Å². The lowest BCUT2D eigenvalue weighted by atomic mass is 9.84. The van der Waals surface area contributed by atoms with Crippen LogP contribution < -0.4 is 9.64 Å². The van der Waals surface area contributed by atoms with E-state index in [0.29, 0.717) is 0 Å². The number of anilines is 3. The Bertz CT molecular complexity index is 998. The Kier molecular flexibility index (Phi) is 4.26. The molecule has 0 aromatic heterocycles. The molecule has 0 aliphatic carbocycles. The maximum Gasteiger partial charge on any atom is 0.151 e. The summed E-state index contributed by atoms with van der Waals surface area (Å²) in [5.41, 5.74) is 9.97. The van der Waals surface area contributed by atoms with Gasteiger partial charge >= 0.3 is 0 Å². The fourth-order valence-corrected chi connectivity index (χ4v) is 4.01. The van der Waals surface area contributed by atoms with Crippen LogP contribution in [0.1, 0.15) is 48.6 Å². The van der Waals surface area contributed by atoms with Crippen molar-refractivity contribution in [1.82, 2.24) is 0 Å². The maximum atomic E-state index is 6.26. The van der Waals surface area contributed by atoms with E-state index in [0.717, 1.165) is 22.9 Å². The second kappa shape index (κ2) is 6.41. The Morgan fingerprint density at radius 1 is 0.679 bits per heavy atom. The summed E-state index contributed by atoms with van der Waals surface area (Å²) in [6.07, 6.45) is 0. The van der Waals surface area contributed by atoms with Gasteiger partial charge in [-0.3, -0.25) is 0 Å². The average Bonchev–Trinajstić information content (AvgIpc) is 2.60. The van der Waals surface area contributed by atoms with Gasteiger partial charge in [0.1, 0.15) is 0 Å². The first-order valence-corrected chi connectivity index (χ1v) is 9.96. The fraction of sp³-hybridized carbons (Fsp3) is 0.308. The molecule has 28 heavy (non-hydrogen) atoms. The van der Waals surface area contributed by atoms with Crippen molar-refractivity contribution in [3.8, 4) is 11.5 Å². The number of benzene rings is 3. The average molecular weight is 372 g/mol. The first-order chi connectivity index (χ1) is 13.1. The number of nitrogens with zero attached hydrogens (tertiary/aromatic N) is 1. The summed E-state index contributed by atoms with van der Waals surface area (Å²) >= 11 is 0. The van der Waals surface area contributed by atoms with Gasteiger partial charge in [0.2, 0.25) is 0 Å². The quantitative estimate of drug-likeness (QED) is 0.338. The van der Waals surface area contributed by atoms with Crippen LogP contribution in [0.2, 0.25) is 0 Å². The van der Waals surface area contributed by atoms with Crippen LogP contribution in [0, 0.1) is 27.7 Å². The third-order valence-corrected chi connectivity index (χ3v) is 5.51. The standard InChI is InChI=1S/C26H29NO/c1-16-8-10-23-21(12-16)27(22-13-17(2)9-11-24(22)28-23)25-18(3)14-20(15-19(25)4)26(5,6)7/h8-15H,1-7H3. The lowest BCUT2D eigenvalue weighted by Crippen LogP contribution is -2.19. The molecule has 1 aliphatic heterocycles. The van der Waals surface area contributed by atoms with Gasteiger partial charge in [-0.25, -0.2) is 0 Å². The smallest absolute Gasteiger partial charge is 0.151 e. The van der Waals surface area contributed by atoms with E-state index in [1.165, 1.54) is 33.5 Å². The van der Waals surface area contributed by atoms with Gasteiger partial charge in [-0.05, 0) is 85.2 Å². The fourth-order valence-electron chi connectivity index (χ4n) is 4.01. The Balaban J connectivity index is 2.00. The van der Waals surface area contributed by atoms with E-state index < -0.39 is 0 Å². The van der Waals surface area contributed by atoms with Crippen LogP contribution in [0.15, 0.2) is 48.5 Å². The number of fused-ring (bicyclic) bond motifs is 2. The predicted octanol–water partition coefficient (Wildman–Crippen LogP) is 7.79. The van der Waals surface area contributed by atoms with E-state index in [2.05, 4.69) is 102 Å². The summed E-state index contributed by atoms with van der Waals surface area (Å²) in [7, 11) is 0. The van der Waals surface area contributed by atoms with Crippen LogP contribution in [0.3, 0.4) is 0 Å². The molecule has 3 aromatic rings. The molecule has 0 bridgehead atoms. The van der Waals surface area contributed by atoms with Crippen molar-refractivity contribution in [2.75, 3.05) is 4.90 Å². The third kappa shape index (κ3) is 3.07. The molecule has 0 fully saturated rings. The van der Waals surface area contributed by atoms with Crippen LogP contribution in [-0.2, 0) is 5.41 Å². The summed E-state index contributed by atoms with van der Waals surface area (Å²) in [4.78, 5) is 2.38. The van der Waals surface area contributed by atoms with Gasteiger partial charge in [-0.1, -0.05) is 45.0 Å². The highest BCUT2D eigenvalue weighted by atomic mass is 16.5. The monoisotopic (exact) mass is 371 g/mol. The maximum absolute atomic E-state index is 6.26. The molecular formula is C26H29NO. The second-order valence-electron chi connectivity index (χ2n) is 9.09. The van der Waals surface area contributed by atoms with Gasteiger partial charge in [-0.2, -0.15) is 0 Å². The molecule has 1 heterocycles. The Morgan fingerprint density at radius 2 is 1.14 bits per heavy atom. The van der Waals surface area contributed by atoms with Crippen molar-refractivity contribution >= 4 is 17.1 Å². The Labute approximate surface area is 168 Å². The molecule has 0 N–H and O–H groups in total. The van der Waals surface area contributed by atoms with E-state index in [-0.39, 0.29) is 5.41 Å². The largest absolute Gasteiger partial charge is 0.453 e. The highest BCUT2D eigenvalue weighted by Crippen LogP contribution is 2.52. The summed E-state index contributed by atoms with van der Waals surface area (Å²) < 4.78 is 6.26. The van der Waals surface area contributed by atoms with Crippen molar-refractivity contribution in [3.05, 3.63) is 76.3 Å². The molecule has 0 saturated carbocycles. The number of rotatable bonds is 1. The topological polar surface area (TPSA) is 12.5 Å². The normalized spacial score (nSPS) is 13.0. The van der Waals surface area contributed by atoms with Crippen molar-refractivity contribution in [3.63, 3.8) is 0 Å². The minimum atomic E-state index is 0.127. The van der Waals surface area contributed by atoms with Crippen LogP contribution in [0.25, 0.3) is 0 Å². The highest BCUT2D eigenvalue weighted by Gasteiger charge is 2.29. The van der Waals surface area contributed by atoms with E-state index in [1.807, 2.05) is 0 Å². The Morgan fingerprint density at radius 3 is 1.57 bits per heavy atom. The zero-order chi connectivity index (χ0) is 20.2. The van der Waals surface area contributed by atoms with Crippen molar-refractivity contribution in [1.29, 1.82) is 0 Å². The molecule has 0 radical (unpaired) electrons. The van der Waals surface area contributed by atoms with Gasteiger partial charge in [0, 0.05) is 0 Å². The zero-order valence-electron chi connectivity index (χ0n) is 18.0. The molecule has 3 aromatic carbocycles. The summed E-state index contributed by atoms with van der Waals surface area (Å²) in [6, 6.07) is 17.5. The molecule has 0 atom stereocenters. The summed E-state index contributed by atoms with van der Waals surface area (Å²) in [6.45, 7) is 15.5. The van der Waals surface area contributed by atoms with Gasteiger partial charge in [0.15, 0.2) is 11.5 Å². The van der Waals surface area contributed by atoms with Crippen LogP contribution in [0.5, 0.6) is 11.5 Å². The molecule has 0 spiro atoms. The predicted molar refractivity (Wildman–Crippen MR) is 119 cm³/mol. The minimum Gasteiger partial charge on any atom is -0.453 e. The van der Waals surface area contributed by atoms with Crippen molar-refractivity contribution in [2.45, 2.75) is 53.9 Å². The summed E-state index contributed by atoms with van der Waals surface area (Å²) in [5, 5.41) is 0. The first kappa shape index (κ1) is 18.6. The SMILES string of the molecule is Cc1ccc2c(c1)N(c1c(C)cc(C(C)(C)C)cc1C)c1cc(C)ccc1O2. The van der Waals surface area contributed by atoms with Gasteiger partial charge in [-0.15, -0.1) is 0 Å². The lowest BCUT2D eigenvalue weighted by molar-refractivity contribution is 0.476. The minimum absolute atomic E-state index is 0.127. The zero-order valence-corrected chi connectivity index (χ0v) is 18.0. The molecule has 2 heteroatoms. The lowest BCUT2D eigenvalue weighted by Gasteiger charge is -2.36. The van der Waals surface area contributed by atoms with Crippen molar-refractivity contribution < 1.29 is 4.74 Å². The second-order valence-corrected chi connectivity index (χ2v) is 9.09. The number of ether oxygens (including phenoxy) is 1. The molecule has 144 valence electrons. The highest BCUT2D eigenvalue weighted by molar-refractivity contribution is 5.89. The number of aryl methyl sites for hydroxylation is 4. The van der Waals surface area contributed by atoms with Crippen LogP contribution >= 0.6 is 0 Å². The van der Waals surface area contributed by atoms with Gasteiger partial charge < -0.3 is 9.64 Å². The molecule has 0 saturated heterocycles. The van der Waals surface area contributed by atoms with Crippen molar-refractivity contribution in [2.24, 2.45) is 0 Å².